The Bertz CT molecular complexity index is 921. The zero-order valence-electron chi connectivity index (χ0n) is 16.6. The number of hydrogen-bond donors (Lipinski definition) is 2. The van der Waals surface area contributed by atoms with E-state index in [9.17, 15) is 4.79 Å². The number of benzene rings is 2. The molecule has 0 saturated carbocycles. The molecule has 0 spiro atoms. The Morgan fingerprint density at radius 2 is 1.76 bits per heavy atom. The van der Waals surface area contributed by atoms with Gasteiger partial charge >= 0.3 is 0 Å². The number of amides is 1. The fourth-order valence-electron chi connectivity index (χ4n) is 2.97. The Labute approximate surface area is 169 Å². The van der Waals surface area contributed by atoms with Gasteiger partial charge in [0, 0.05) is 5.92 Å². The maximum Gasteiger partial charge on any atom is 0.264 e. The minimum absolute atomic E-state index is 0.0520. The van der Waals surface area contributed by atoms with Crippen molar-refractivity contribution in [2.24, 2.45) is 0 Å². The van der Waals surface area contributed by atoms with Crippen LogP contribution in [-0.2, 0) is 0 Å². The molecule has 1 atom stereocenters. The molecule has 8 nitrogen and oxygen atoms in total. The van der Waals surface area contributed by atoms with E-state index in [0.717, 1.165) is 12.2 Å². The Morgan fingerprint density at radius 3 is 2.38 bits per heavy atom. The van der Waals surface area contributed by atoms with E-state index in [-0.39, 0.29) is 11.8 Å². The molecule has 2 N–H and O–H groups in total. The quantitative estimate of drug-likeness (QED) is 0.573. The second kappa shape index (κ2) is 9.59. The molecule has 8 heteroatoms. The fraction of sp³-hybridized carbons (Fsp3) is 0.286. The summed E-state index contributed by atoms with van der Waals surface area (Å²) in [5.41, 5.74) is 0.928. The summed E-state index contributed by atoms with van der Waals surface area (Å²) in [7, 11) is 3.01. The summed E-state index contributed by atoms with van der Waals surface area (Å²) in [4.78, 5) is 12.9. The van der Waals surface area contributed by atoms with Crippen LogP contribution >= 0.6 is 0 Å². The molecule has 1 aromatic heterocycles. The van der Waals surface area contributed by atoms with Crippen molar-refractivity contribution in [3.8, 4) is 17.2 Å². The van der Waals surface area contributed by atoms with Crippen LogP contribution in [0.1, 0.15) is 35.3 Å². The first-order chi connectivity index (χ1) is 14.2. The lowest BCUT2D eigenvalue weighted by molar-refractivity contribution is 0.102. The minimum Gasteiger partial charge on any atom is -0.496 e. The van der Waals surface area contributed by atoms with E-state index in [0.29, 0.717) is 35.2 Å². The minimum atomic E-state index is -0.384. The molecular weight excluding hydrogens is 372 g/mol. The lowest BCUT2D eigenvalue weighted by Crippen LogP contribution is -2.18. The van der Waals surface area contributed by atoms with Gasteiger partial charge in [0.2, 0.25) is 0 Å². The van der Waals surface area contributed by atoms with Gasteiger partial charge in [0.25, 0.3) is 5.91 Å². The van der Waals surface area contributed by atoms with Crippen molar-refractivity contribution < 1.29 is 19.0 Å². The molecule has 0 aliphatic heterocycles. The number of nitrogens with zero attached hydrogens (tertiary/aromatic N) is 2. The van der Waals surface area contributed by atoms with E-state index in [4.69, 9.17) is 14.2 Å². The zero-order chi connectivity index (χ0) is 20.6. The third-order valence-corrected chi connectivity index (χ3v) is 4.54. The Kier molecular flexibility index (Phi) is 6.67. The topological polar surface area (TPSA) is 98.4 Å². The van der Waals surface area contributed by atoms with Gasteiger partial charge in [-0.3, -0.25) is 4.79 Å². The van der Waals surface area contributed by atoms with Gasteiger partial charge in [-0.2, -0.15) is 0 Å². The smallest absolute Gasteiger partial charge is 0.264 e. The molecule has 0 bridgehead atoms. The summed E-state index contributed by atoms with van der Waals surface area (Å²) in [6, 6.07) is 14.7. The number of aromatic amines is 1. The third-order valence-electron chi connectivity index (χ3n) is 4.54. The van der Waals surface area contributed by atoms with Gasteiger partial charge in [-0.05, 0) is 30.7 Å². The van der Waals surface area contributed by atoms with Crippen LogP contribution in [-0.4, -0.2) is 42.1 Å². The Hall–Kier alpha value is -3.55. The predicted octanol–water partition coefficient (Wildman–Crippen LogP) is 3.65. The number of anilines is 1. The van der Waals surface area contributed by atoms with Gasteiger partial charge in [0.05, 0.1) is 20.8 Å². The van der Waals surface area contributed by atoms with Gasteiger partial charge in [-0.15, -0.1) is 5.10 Å². The van der Waals surface area contributed by atoms with Gasteiger partial charge in [0.1, 0.15) is 28.5 Å². The van der Waals surface area contributed by atoms with E-state index in [1.54, 1.807) is 18.2 Å². The molecule has 3 aromatic rings. The number of rotatable bonds is 9. The second-order valence-electron chi connectivity index (χ2n) is 6.29. The number of carbonyl (C=O) groups is 1. The second-order valence-corrected chi connectivity index (χ2v) is 6.29. The summed E-state index contributed by atoms with van der Waals surface area (Å²) in [5.74, 6) is 1.59. The van der Waals surface area contributed by atoms with Gasteiger partial charge in [0.15, 0.2) is 5.82 Å². The normalized spacial score (nSPS) is 11.6. The summed E-state index contributed by atoms with van der Waals surface area (Å²) >= 11 is 0. The number of nitrogens with one attached hydrogen (secondary N) is 2. The van der Waals surface area contributed by atoms with E-state index in [1.807, 2.05) is 37.3 Å². The molecule has 0 saturated heterocycles. The van der Waals surface area contributed by atoms with Gasteiger partial charge in [-0.1, -0.05) is 36.4 Å². The third kappa shape index (κ3) is 4.66. The summed E-state index contributed by atoms with van der Waals surface area (Å²) in [6.45, 7) is 2.44. The monoisotopic (exact) mass is 396 g/mol. The van der Waals surface area contributed by atoms with Gasteiger partial charge < -0.3 is 19.5 Å². The van der Waals surface area contributed by atoms with Crippen molar-refractivity contribution in [3.05, 3.63) is 59.8 Å². The number of para-hydroxylation sites is 1. The number of carbonyl (C=O) groups excluding carboxylic acids is 1. The van der Waals surface area contributed by atoms with Crippen molar-refractivity contribution in [1.82, 2.24) is 15.4 Å². The molecule has 2 aromatic carbocycles. The number of H-pyrrole nitrogens is 1. The highest BCUT2D eigenvalue weighted by Crippen LogP contribution is 2.30. The first-order valence-corrected chi connectivity index (χ1v) is 9.29. The first-order valence-electron chi connectivity index (χ1n) is 9.29. The summed E-state index contributed by atoms with van der Waals surface area (Å²) in [6.07, 6.45) is 0.764. The number of aromatic nitrogens is 3. The highest BCUT2D eigenvalue weighted by atomic mass is 16.5. The van der Waals surface area contributed by atoms with Crippen LogP contribution in [0.15, 0.2) is 48.5 Å². The average Bonchev–Trinajstić information content (AvgIpc) is 3.22. The van der Waals surface area contributed by atoms with Crippen molar-refractivity contribution in [3.63, 3.8) is 0 Å². The largest absolute Gasteiger partial charge is 0.496 e. The standard InChI is InChI=1S/C21H24N4O4/c1-4-14(13-29-15-9-6-5-7-10-15)19-20(24-25-23-19)22-21(26)18-16(27-2)11-8-12-17(18)28-3/h5-12,14H,4,13H2,1-3H3,(H2,22,23,24,25,26). The molecule has 0 radical (unpaired) electrons. The lowest BCUT2D eigenvalue weighted by Gasteiger charge is -2.16. The van der Waals surface area contributed by atoms with Crippen molar-refractivity contribution in [1.29, 1.82) is 0 Å². The maximum atomic E-state index is 12.9. The van der Waals surface area contributed by atoms with Crippen molar-refractivity contribution in [2.75, 3.05) is 26.1 Å². The van der Waals surface area contributed by atoms with E-state index in [1.165, 1.54) is 14.2 Å². The summed E-state index contributed by atoms with van der Waals surface area (Å²) in [5, 5.41) is 13.6. The highest BCUT2D eigenvalue weighted by Gasteiger charge is 2.24. The van der Waals surface area contributed by atoms with Crippen LogP contribution in [0.2, 0.25) is 0 Å². The summed E-state index contributed by atoms with van der Waals surface area (Å²) < 4.78 is 16.5. The fourth-order valence-corrected chi connectivity index (χ4v) is 2.97. The predicted molar refractivity (Wildman–Crippen MR) is 109 cm³/mol. The Balaban J connectivity index is 1.78. The zero-order valence-corrected chi connectivity index (χ0v) is 16.6. The van der Waals surface area contributed by atoms with E-state index in [2.05, 4.69) is 20.7 Å². The molecule has 1 unspecified atom stereocenters. The maximum absolute atomic E-state index is 12.9. The molecule has 1 amide bonds. The van der Waals surface area contributed by atoms with Crippen LogP contribution in [0.25, 0.3) is 0 Å². The molecule has 0 aliphatic rings. The van der Waals surface area contributed by atoms with Crippen molar-refractivity contribution in [2.45, 2.75) is 19.3 Å². The molecular formula is C21H24N4O4. The lowest BCUT2D eigenvalue weighted by atomic mass is 10.0. The molecule has 0 fully saturated rings. The number of hydrogen-bond acceptors (Lipinski definition) is 6. The van der Waals surface area contributed by atoms with Crippen LogP contribution in [0, 0.1) is 0 Å². The van der Waals surface area contributed by atoms with E-state index < -0.39 is 0 Å². The van der Waals surface area contributed by atoms with E-state index >= 15 is 0 Å². The van der Waals surface area contributed by atoms with Crippen LogP contribution in [0.3, 0.4) is 0 Å². The van der Waals surface area contributed by atoms with Crippen LogP contribution < -0.4 is 19.5 Å². The van der Waals surface area contributed by atoms with Crippen molar-refractivity contribution >= 4 is 11.7 Å². The molecule has 3 rings (SSSR count). The molecule has 1 heterocycles. The highest BCUT2D eigenvalue weighted by molar-refractivity contribution is 6.08. The van der Waals surface area contributed by atoms with Crippen LogP contribution in [0.5, 0.6) is 17.2 Å². The Morgan fingerprint density at radius 1 is 1.07 bits per heavy atom. The number of ether oxygens (including phenoxy) is 3. The molecule has 29 heavy (non-hydrogen) atoms. The van der Waals surface area contributed by atoms with Gasteiger partial charge in [-0.25, -0.2) is 5.10 Å². The van der Waals surface area contributed by atoms with Crippen LogP contribution in [0.4, 0.5) is 5.82 Å². The average molecular weight is 396 g/mol. The molecule has 152 valence electrons. The molecule has 0 aliphatic carbocycles. The number of methoxy groups -OCH3 is 2. The SMILES string of the molecule is CCC(COc1ccccc1)c1nn[nH]c1NC(=O)c1c(OC)cccc1OC. The first kappa shape index (κ1) is 20.2.